The van der Waals surface area contributed by atoms with Gasteiger partial charge in [0.2, 0.25) is 5.91 Å². The number of alkyl halides is 1. The Labute approximate surface area is 104 Å². The van der Waals surface area contributed by atoms with Gasteiger partial charge in [-0.05, 0) is 13.0 Å². The Balaban J connectivity index is 2.31. The van der Waals surface area contributed by atoms with Crippen LogP contribution in [0.25, 0.3) is 10.9 Å². The highest BCUT2D eigenvalue weighted by molar-refractivity contribution is 6.22. The molecular formula is C13H13ClN2O. The zero-order valence-corrected chi connectivity index (χ0v) is 10.2. The van der Waals surface area contributed by atoms with Gasteiger partial charge >= 0.3 is 0 Å². The normalized spacial score (nSPS) is 24.2. The number of rotatable bonds is 0. The van der Waals surface area contributed by atoms with E-state index < -0.39 is 0 Å². The van der Waals surface area contributed by atoms with Gasteiger partial charge in [0.15, 0.2) is 0 Å². The van der Waals surface area contributed by atoms with Crippen LogP contribution in [0.5, 0.6) is 0 Å². The van der Waals surface area contributed by atoms with Crippen molar-refractivity contribution in [2.45, 2.75) is 18.2 Å². The average molecular weight is 249 g/mol. The first-order valence-corrected chi connectivity index (χ1v) is 6.14. The van der Waals surface area contributed by atoms with Gasteiger partial charge in [-0.1, -0.05) is 18.2 Å². The minimum absolute atomic E-state index is 0.0287. The summed E-state index contributed by atoms with van der Waals surface area (Å²) in [5, 5.41) is 3.80. The van der Waals surface area contributed by atoms with E-state index in [1.165, 1.54) is 0 Å². The first kappa shape index (κ1) is 10.7. The van der Waals surface area contributed by atoms with E-state index in [2.05, 4.69) is 10.3 Å². The van der Waals surface area contributed by atoms with Crippen LogP contribution in [-0.2, 0) is 4.79 Å². The number of H-pyrrole nitrogens is 1. The fraction of sp³-hybridized carbons (Fsp3) is 0.308. The second-order valence-corrected chi connectivity index (χ2v) is 4.96. The number of aromatic nitrogens is 1. The molecule has 0 saturated carbocycles. The number of hydrogen-bond acceptors (Lipinski definition) is 1. The van der Waals surface area contributed by atoms with E-state index in [0.717, 1.165) is 22.2 Å². The lowest BCUT2D eigenvalue weighted by Gasteiger charge is -2.06. The Morgan fingerprint density at radius 1 is 1.35 bits per heavy atom. The van der Waals surface area contributed by atoms with E-state index in [1.54, 1.807) is 0 Å². The van der Waals surface area contributed by atoms with Crippen molar-refractivity contribution in [3.05, 3.63) is 35.5 Å². The van der Waals surface area contributed by atoms with Gasteiger partial charge in [0, 0.05) is 28.7 Å². The lowest BCUT2D eigenvalue weighted by molar-refractivity contribution is -0.122. The summed E-state index contributed by atoms with van der Waals surface area (Å²) in [6, 6.07) is 8.03. The van der Waals surface area contributed by atoms with E-state index in [0.29, 0.717) is 6.54 Å². The minimum Gasteiger partial charge on any atom is -0.357 e. The van der Waals surface area contributed by atoms with Crippen LogP contribution in [0.1, 0.15) is 29.5 Å². The van der Waals surface area contributed by atoms with E-state index in [9.17, 15) is 4.79 Å². The van der Waals surface area contributed by atoms with Gasteiger partial charge in [-0.2, -0.15) is 0 Å². The maximum atomic E-state index is 11.8. The van der Waals surface area contributed by atoms with Crippen molar-refractivity contribution < 1.29 is 4.79 Å². The molecule has 0 aliphatic carbocycles. The topological polar surface area (TPSA) is 44.9 Å². The Kier molecular flexibility index (Phi) is 2.37. The van der Waals surface area contributed by atoms with Crippen molar-refractivity contribution in [3.8, 4) is 0 Å². The molecule has 3 rings (SSSR count). The Bertz CT molecular complexity index is 590. The van der Waals surface area contributed by atoms with Gasteiger partial charge in [-0.25, -0.2) is 0 Å². The summed E-state index contributed by atoms with van der Waals surface area (Å²) in [7, 11) is 0. The maximum absolute atomic E-state index is 11.8. The number of halogens is 1. The van der Waals surface area contributed by atoms with Gasteiger partial charge in [0.1, 0.15) is 0 Å². The third kappa shape index (κ3) is 1.53. The fourth-order valence-electron chi connectivity index (χ4n) is 2.44. The van der Waals surface area contributed by atoms with Crippen molar-refractivity contribution in [2.24, 2.45) is 0 Å². The molecule has 0 spiro atoms. The van der Waals surface area contributed by atoms with Gasteiger partial charge < -0.3 is 10.3 Å². The number of carbonyl (C=O) groups excluding carboxylic acids is 1. The van der Waals surface area contributed by atoms with Crippen LogP contribution in [0.15, 0.2) is 24.3 Å². The highest BCUT2D eigenvalue weighted by atomic mass is 35.5. The first-order chi connectivity index (χ1) is 8.18. The molecule has 0 radical (unpaired) electrons. The highest BCUT2D eigenvalue weighted by Gasteiger charge is 2.29. The fourth-order valence-corrected chi connectivity index (χ4v) is 2.75. The monoisotopic (exact) mass is 248 g/mol. The van der Waals surface area contributed by atoms with Crippen LogP contribution >= 0.6 is 11.6 Å². The molecule has 2 heterocycles. The standard InChI is InChI=1S/C13H13ClN2O/c1-7-12-11(9(14)6-15-13(7)17)8-4-2-3-5-10(8)16-12/h2-5,7,9,16H,6H2,1H3,(H,15,17). The molecule has 0 fully saturated rings. The largest absolute Gasteiger partial charge is 0.357 e. The van der Waals surface area contributed by atoms with Gasteiger partial charge in [-0.15, -0.1) is 11.6 Å². The van der Waals surface area contributed by atoms with Gasteiger partial charge in [0.25, 0.3) is 0 Å². The molecule has 0 bridgehead atoms. The molecule has 17 heavy (non-hydrogen) atoms. The highest BCUT2D eigenvalue weighted by Crippen LogP contribution is 2.36. The summed E-state index contributed by atoms with van der Waals surface area (Å²) in [6.45, 7) is 2.39. The number of amides is 1. The van der Waals surface area contributed by atoms with Gasteiger partial charge in [-0.3, -0.25) is 4.79 Å². The second-order valence-electron chi connectivity index (χ2n) is 4.43. The van der Waals surface area contributed by atoms with E-state index in [4.69, 9.17) is 11.6 Å². The molecule has 3 nitrogen and oxygen atoms in total. The number of fused-ring (bicyclic) bond motifs is 3. The molecule has 2 unspecified atom stereocenters. The van der Waals surface area contributed by atoms with Crippen molar-refractivity contribution >= 4 is 28.4 Å². The Hall–Kier alpha value is -1.48. The number of hydrogen-bond donors (Lipinski definition) is 2. The zero-order valence-electron chi connectivity index (χ0n) is 9.46. The van der Waals surface area contributed by atoms with E-state index >= 15 is 0 Å². The summed E-state index contributed by atoms with van der Waals surface area (Å²) in [5.74, 6) is -0.151. The number of benzene rings is 1. The summed E-state index contributed by atoms with van der Waals surface area (Å²) in [4.78, 5) is 15.1. The molecule has 2 N–H and O–H groups in total. The summed E-state index contributed by atoms with van der Waals surface area (Å²) in [6.07, 6.45) is 0. The minimum atomic E-state index is -0.179. The third-order valence-electron chi connectivity index (χ3n) is 3.37. The molecule has 2 aromatic rings. The molecule has 1 amide bonds. The smallest absolute Gasteiger partial charge is 0.228 e. The van der Waals surface area contributed by atoms with Crippen molar-refractivity contribution in [1.29, 1.82) is 0 Å². The van der Waals surface area contributed by atoms with Crippen molar-refractivity contribution in [1.82, 2.24) is 10.3 Å². The average Bonchev–Trinajstić information content (AvgIpc) is 2.69. The number of carbonyl (C=O) groups is 1. The molecular weight excluding hydrogens is 236 g/mol. The zero-order chi connectivity index (χ0) is 12.0. The van der Waals surface area contributed by atoms with Crippen LogP contribution in [0.2, 0.25) is 0 Å². The van der Waals surface area contributed by atoms with Crippen LogP contribution in [-0.4, -0.2) is 17.4 Å². The van der Waals surface area contributed by atoms with Crippen LogP contribution in [0.3, 0.4) is 0 Å². The van der Waals surface area contributed by atoms with Gasteiger partial charge in [0.05, 0.1) is 11.3 Å². The Morgan fingerprint density at radius 3 is 2.94 bits per heavy atom. The molecule has 1 aromatic carbocycles. The number of nitrogens with one attached hydrogen (secondary N) is 2. The molecule has 4 heteroatoms. The maximum Gasteiger partial charge on any atom is 0.228 e. The van der Waals surface area contributed by atoms with Crippen LogP contribution in [0.4, 0.5) is 0 Å². The molecule has 2 atom stereocenters. The quantitative estimate of drug-likeness (QED) is 0.692. The van der Waals surface area contributed by atoms with Crippen molar-refractivity contribution in [2.75, 3.05) is 6.54 Å². The predicted molar refractivity (Wildman–Crippen MR) is 68.3 cm³/mol. The number of para-hydroxylation sites is 1. The molecule has 1 aromatic heterocycles. The second kappa shape index (κ2) is 3.77. The first-order valence-electron chi connectivity index (χ1n) is 5.70. The lowest BCUT2D eigenvalue weighted by atomic mass is 10.0. The molecule has 0 saturated heterocycles. The van der Waals surface area contributed by atoms with E-state index in [1.807, 2.05) is 31.2 Å². The summed E-state index contributed by atoms with van der Waals surface area (Å²) in [5.41, 5.74) is 3.05. The molecule has 1 aliphatic heterocycles. The van der Waals surface area contributed by atoms with Crippen LogP contribution < -0.4 is 5.32 Å². The lowest BCUT2D eigenvalue weighted by Crippen LogP contribution is -2.27. The molecule has 88 valence electrons. The summed E-state index contributed by atoms with van der Waals surface area (Å²) < 4.78 is 0. The van der Waals surface area contributed by atoms with Crippen LogP contribution in [0, 0.1) is 0 Å². The molecule has 1 aliphatic rings. The summed E-state index contributed by atoms with van der Waals surface area (Å²) >= 11 is 6.37. The number of aromatic amines is 1. The predicted octanol–water partition coefficient (Wildman–Crippen LogP) is 2.68. The third-order valence-corrected chi connectivity index (χ3v) is 3.74. The Morgan fingerprint density at radius 2 is 2.12 bits per heavy atom. The SMILES string of the molecule is CC1C(=O)NCC(Cl)c2c1[nH]c1ccccc21. The van der Waals surface area contributed by atoms with E-state index in [-0.39, 0.29) is 17.2 Å². The van der Waals surface area contributed by atoms with Crippen molar-refractivity contribution in [3.63, 3.8) is 0 Å².